The van der Waals surface area contributed by atoms with Crippen molar-refractivity contribution < 1.29 is 8.78 Å². The minimum atomic E-state index is -2.47. The molecule has 0 aromatic carbocycles. The molecule has 0 saturated carbocycles. The van der Waals surface area contributed by atoms with Crippen molar-refractivity contribution in [3.63, 3.8) is 0 Å². The summed E-state index contributed by atoms with van der Waals surface area (Å²) >= 11 is 5.59. The van der Waals surface area contributed by atoms with Crippen molar-refractivity contribution in [3.8, 4) is 0 Å². The van der Waals surface area contributed by atoms with E-state index in [1.54, 1.807) is 0 Å². The first kappa shape index (κ1) is 11.9. The Morgan fingerprint density at radius 1 is 1.41 bits per heavy atom. The minimum absolute atomic E-state index is 0.227. The van der Waals surface area contributed by atoms with Gasteiger partial charge in [0.05, 0.1) is 18.9 Å². The maximum Gasteiger partial charge on any atom is 0.255 e. The Balaban J connectivity index is 2.36. The summed E-state index contributed by atoms with van der Waals surface area (Å²) in [6.07, 6.45) is 0.410. The highest BCUT2D eigenvalue weighted by Gasteiger charge is 2.16. The summed E-state index contributed by atoms with van der Waals surface area (Å²) in [7, 11) is 0. The number of tetrazole rings is 1. The molecule has 6 nitrogen and oxygen atoms in total. The van der Waals surface area contributed by atoms with Gasteiger partial charge in [-0.15, -0.1) is 16.7 Å². The van der Waals surface area contributed by atoms with Gasteiger partial charge in [0.1, 0.15) is 0 Å². The first-order valence-corrected chi connectivity index (χ1v) is 5.37. The molecule has 0 amide bonds. The van der Waals surface area contributed by atoms with E-state index in [1.807, 2.05) is 0 Å². The van der Waals surface area contributed by atoms with E-state index in [-0.39, 0.29) is 12.4 Å². The van der Waals surface area contributed by atoms with Crippen LogP contribution in [-0.2, 0) is 0 Å². The highest BCUT2D eigenvalue weighted by atomic mass is 35.5. The van der Waals surface area contributed by atoms with Crippen LogP contribution in [-0.4, -0.2) is 50.4 Å². The molecule has 2 aromatic heterocycles. The normalized spacial score (nSPS) is 11.3. The van der Waals surface area contributed by atoms with Crippen LogP contribution < -0.4 is 4.90 Å². The summed E-state index contributed by atoms with van der Waals surface area (Å²) in [5, 5.41) is 10.9. The first-order valence-electron chi connectivity index (χ1n) is 4.83. The lowest BCUT2D eigenvalue weighted by Crippen LogP contribution is -2.32. The summed E-state index contributed by atoms with van der Waals surface area (Å²) in [6.45, 7) is -0.167. The summed E-state index contributed by atoms with van der Waals surface area (Å²) in [5.41, 5.74) is 0.399. The molecule has 92 valence electrons. The number of hydrogen-bond acceptors (Lipinski definition) is 5. The smallest absolute Gasteiger partial charge is 0.255 e. The van der Waals surface area contributed by atoms with E-state index in [1.165, 1.54) is 21.8 Å². The van der Waals surface area contributed by atoms with Gasteiger partial charge in [-0.25, -0.2) is 8.78 Å². The van der Waals surface area contributed by atoms with Crippen LogP contribution in [0.4, 0.5) is 14.6 Å². The summed E-state index contributed by atoms with van der Waals surface area (Å²) in [4.78, 5) is 5.30. The molecule has 0 aliphatic heterocycles. The molecule has 17 heavy (non-hydrogen) atoms. The Kier molecular flexibility index (Phi) is 3.62. The van der Waals surface area contributed by atoms with E-state index in [0.717, 1.165) is 0 Å². The lowest BCUT2D eigenvalue weighted by Gasteiger charge is -2.22. The average molecular weight is 263 g/mol. The van der Waals surface area contributed by atoms with Gasteiger partial charge in [-0.05, 0) is 10.4 Å². The summed E-state index contributed by atoms with van der Waals surface area (Å²) < 4.78 is 26.3. The van der Waals surface area contributed by atoms with Crippen molar-refractivity contribution in [1.29, 1.82) is 0 Å². The molecule has 0 radical (unpaired) electrons. The molecule has 0 bridgehead atoms. The lowest BCUT2D eigenvalue weighted by molar-refractivity contribution is 0.155. The van der Waals surface area contributed by atoms with Crippen LogP contribution in [0.25, 0.3) is 5.65 Å². The number of anilines is 1. The van der Waals surface area contributed by atoms with Crippen LogP contribution in [0.3, 0.4) is 0 Å². The second-order valence-electron chi connectivity index (χ2n) is 3.24. The van der Waals surface area contributed by atoms with Crippen molar-refractivity contribution in [2.45, 2.75) is 6.43 Å². The predicted octanol–water partition coefficient (Wildman–Crippen LogP) is 0.830. The van der Waals surface area contributed by atoms with Gasteiger partial charge >= 0.3 is 0 Å². The molecule has 2 rings (SSSR count). The zero-order valence-electron chi connectivity index (χ0n) is 8.67. The van der Waals surface area contributed by atoms with Crippen molar-refractivity contribution in [1.82, 2.24) is 25.0 Å². The van der Waals surface area contributed by atoms with E-state index < -0.39 is 13.0 Å². The third-order valence-corrected chi connectivity index (χ3v) is 2.30. The van der Waals surface area contributed by atoms with E-state index in [0.29, 0.717) is 11.5 Å². The third kappa shape index (κ3) is 2.57. The molecular formula is C8H9ClF2N6. The molecule has 0 aliphatic carbocycles. The number of hydrogen-bond donors (Lipinski definition) is 0. The zero-order valence-corrected chi connectivity index (χ0v) is 9.43. The number of nitrogens with zero attached hydrogens (tertiary/aromatic N) is 6. The van der Waals surface area contributed by atoms with Gasteiger partial charge in [-0.1, -0.05) is 0 Å². The van der Waals surface area contributed by atoms with Gasteiger partial charge in [0.25, 0.3) is 6.43 Å². The maximum atomic E-state index is 12.5. The van der Waals surface area contributed by atoms with Gasteiger partial charge in [0.2, 0.25) is 0 Å². The highest BCUT2D eigenvalue weighted by Crippen LogP contribution is 2.14. The minimum Gasteiger partial charge on any atom is -0.348 e. The fraction of sp³-hybridized carbons (Fsp3) is 0.500. The van der Waals surface area contributed by atoms with Gasteiger partial charge in [-0.2, -0.15) is 4.52 Å². The number of aromatic nitrogens is 5. The molecule has 0 spiro atoms. The van der Waals surface area contributed by atoms with Crippen molar-refractivity contribution in [2.24, 2.45) is 0 Å². The fourth-order valence-electron chi connectivity index (χ4n) is 1.45. The second-order valence-corrected chi connectivity index (χ2v) is 3.62. The van der Waals surface area contributed by atoms with Crippen LogP contribution in [0.15, 0.2) is 12.4 Å². The molecule has 0 aliphatic rings. The molecular weight excluding hydrogens is 254 g/mol. The number of rotatable bonds is 5. The van der Waals surface area contributed by atoms with Crippen molar-refractivity contribution in [3.05, 3.63) is 12.4 Å². The fourth-order valence-corrected chi connectivity index (χ4v) is 1.65. The monoisotopic (exact) mass is 262 g/mol. The summed E-state index contributed by atoms with van der Waals surface area (Å²) in [6, 6.07) is 0. The van der Waals surface area contributed by atoms with Crippen LogP contribution in [0, 0.1) is 0 Å². The summed E-state index contributed by atoms with van der Waals surface area (Å²) in [5.74, 6) is 0.624. The Morgan fingerprint density at radius 2 is 2.24 bits per heavy atom. The molecule has 0 unspecified atom stereocenters. The number of alkyl halides is 3. The van der Waals surface area contributed by atoms with Crippen molar-refractivity contribution >= 4 is 23.1 Å². The quantitative estimate of drug-likeness (QED) is 0.747. The second kappa shape index (κ2) is 5.17. The van der Waals surface area contributed by atoms with Crippen LogP contribution in [0.1, 0.15) is 0 Å². The van der Waals surface area contributed by atoms with Gasteiger partial charge in [-0.3, -0.25) is 4.98 Å². The van der Waals surface area contributed by atoms with Crippen molar-refractivity contribution in [2.75, 3.05) is 23.9 Å². The Morgan fingerprint density at radius 3 is 2.94 bits per heavy atom. The zero-order chi connectivity index (χ0) is 12.3. The van der Waals surface area contributed by atoms with E-state index >= 15 is 0 Å². The van der Waals surface area contributed by atoms with E-state index in [9.17, 15) is 8.78 Å². The SMILES string of the molecule is FC(F)CN(CCCl)c1cncc2nnnn12. The van der Waals surface area contributed by atoms with Crippen LogP contribution in [0.5, 0.6) is 0 Å². The molecule has 0 N–H and O–H groups in total. The molecule has 0 saturated heterocycles. The maximum absolute atomic E-state index is 12.5. The average Bonchev–Trinajstić information content (AvgIpc) is 2.75. The molecule has 9 heteroatoms. The lowest BCUT2D eigenvalue weighted by atomic mass is 10.4. The Labute approximate surface area is 100 Å². The Bertz CT molecular complexity index is 490. The number of fused-ring (bicyclic) bond motifs is 1. The van der Waals surface area contributed by atoms with Crippen LogP contribution in [0.2, 0.25) is 0 Å². The van der Waals surface area contributed by atoms with Gasteiger partial charge < -0.3 is 4.90 Å². The van der Waals surface area contributed by atoms with Crippen LogP contribution >= 0.6 is 11.6 Å². The van der Waals surface area contributed by atoms with E-state index in [4.69, 9.17) is 11.6 Å². The topological polar surface area (TPSA) is 59.2 Å². The largest absolute Gasteiger partial charge is 0.348 e. The first-order chi connectivity index (χ1) is 8.22. The van der Waals surface area contributed by atoms with E-state index in [2.05, 4.69) is 20.5 Å². The third-order valence-electron chi connectivity index (χ3n) is 2.13. The highest BCUT2D eigenvalue weighted by molar-refractivity contribution is 6.18. The van der Waals surface area contributed by atoms with Gasteiger partial charge in [0, 0.05) is 12.4 Å². The predicted molar refractivity (Wildman–Crippen MR) is 57.5 cm³/mol. The molecule has 2 heterocycles. The molecule has 2 aromatic rings. The number of halogens is 3. The standard InChI is InChI=1S/C8H9ClF2N6/c9-1-2-16(5-6(10)11)8-4-12-3-7-13-14-15-17(7)8/h3-4,6H,1-2,5H2. The Hall–Kier alpha value is -1.57. The molecule has 0 atom stereocenters. The van der Waals surface area contributed by atoms with Gasteiger partial charge in [0.15, 0.2) is 11.5 Å². The molecule has 0 fully saturated rings.